The number of rotatable bonds is 5. The second-order valence-corrected chi connectivity index (χ2v) is 11.3. The van der Waals surface area contributed by atoms with Gasteiger partial charge in [-0.15, -0.1) is 0 Å². The van der Waals surface area contributed by atoms with Crippen molar-refractivity contribution in [1.82, 2.24) is 24.7 Å². The van der Waals surface area contributed by atoms with Crippen LogP contribution in [0.15, 0.2) is 59.7 Å². The predicted octanol–water partition coefficient (Wildman–Crippen LogP) is 3.45. The molecule has 206 valence electrons. The Labute approximate surface area is 237 Å². The first-order chi connectivity index (χ1) is 19.3. The van der Waals surface area contributed by atoms with E-state index in [0.717, 1.165) is 41.3 Å². The molecule has 2 aromatic carbocycles. The highest BCUT2D eigenvalue weighted by atomic mass is 32.2. The van der Waals surface area contributed by atoms with Crippen molar-refractivity contribution in [2.75, 3.05) is 31.1 Å². The van der Waals surface area contributed by atoms with E-state index >= 15 is 0 Å². The van der Waals surface area contributed by atoms with Crippen molar-refractivity contribution >= 4 is 23.7 Å². The van der Waals surface area contributed by atoms with Gasteiger partial charge in [0.2, 0.25) is 5.75 Å². The molecule has 2 aliphatic heterocycles. The molecule has 2 aliphatic rings. The van der Waals surface area contributed by atoms with Crippen LogP contribution in [0.2, 0.25) is 0 Å². The predicted molar refractivity (Wildman–Crippen MR) is 154 cm³/mol. The van der Waals surface area contributed by atoms with E-state index in [4.69, 9.17) is 0 Å². The van der Waals surface area contributed by atoms with Gasteiger partial charge in [0.25, 0.3) is 11.5 Å². The first kappa shape index (κ1) is 27.3. The van der Waals surface area contributed by atoms with Crippen LogP contribution in [0.5, 0.6) is 5.75 Å². The van der Waals surface area contributed by atoms with E-state index < -0.39 is 11.3 Å². The van der Waals surface area contributed by atoms with E-state index in [9.17, 15) is 19.5 Å². The summed E-state index contributed by atoms with van der Waals surface area (Å²) in [6.07, 6.45) is 1.22. The van der Waals surface area contributed by atoms with E-state index in [1.807, 2.05) is 79.0 Å². The topological polar surface area (TPSA) is 110 Å². The van der Waals surface area contributed by atoms with Gasteiger partial charge < -0.3 is 24.8 Å². The van der Waals surface area contributed by atoms with Crippen molar-refractivity contribution in [3.8, 4) is 17.6 Å². The Kier molecular flexibility index (Phi) is 8.12. The Hall–Kier alpha value is -4.23. The summed E-state index contributed by atoms with van der Waals surface area (Å²) in [7, 11) is 0. The fourth-order valence-corrected chi connectivity index (χ4v) is 5.86. The molecule has 0 spiro atoms. The van der Waals surface area contributed by atoms with Crippen molar-refractivity contribution < 1.29 is 14.7 Å². The maximum absolute atomic E-state index is 13.2. The van der Waals surface area contributed by atoms with E-state index in [2.05, 4.69) is 21.8 Å². The highest BCUT2D eigenvalue weighted by Gasteiger charge is 2.40. The monoisotopic (exact) mass is 557 g/mol. The number of carbonyl (C=O) groups is 2. The van der Waals surface area contributed by atoms with Crippen LogP contribution in [0.4, 0.5) is 4.79 Å². The molecule has 9 nitrogen and oxygen atoms in total. The van der Waals surface area contributed by atoms with Crippen molar-refractivity contribution in [3.63, 3.8) is 0 Å². The van der Waals surface area contributed by atoms with Crippen LogP contribution in [-0.2, 0) is 6.54 Å². The number of thioether (sulfide) groups is 1. The molecule has 5 rings (SSSR count). The minimum absolute atomic E-state index is 0.0410. The molecule has 3 heterocycles. The van der Waals surface area contributed by atoms with Gasteiger partial charge in [-0.1, -0.05) is 24.0 Å². The molecule has 2 fully saturated rings. The fourth-order valence-electron chi connectivity index (χ4n) is 4.95. The molecule has 1 aromatic heterocycles. The molecule has 0 aliphatic carbocycles. The van der Waals surface area contributed by atoms with Crippen LogP contribution in [0.3, 0.4) is 0 Å². The number of hydrogen-bond acceptors (Lipinski definition) is 6. The third-order valence-corrected chi connectivity index (χ3v) is 8.04. The maximum atomic E-state index is 13.2. The summed E-state index contributed by atoms with van der Waals surface area (Å²) in [6.45, 7) is 5.94. The van der Waals surface area contributed by atoms with Gasteiger partial charge in [-0.05, 0) is 55.8 Å². The van der Waals surface area contributed by atoms with E-state index in [1.165, 1.54) is 6.33 Å². The highest BCUT2D eigenvalue weighted by Crippen LogP contribution is 2.33. The molecule has 2 saturated heterocycles. The number of nitrogens with one attached hydrogen (secondary N) is 1. The largest absolute Gasteiger partial charge is 0.502 e. The summed E-state index contributed by atoms with van der Waals surface area (Å²) in [5, 5.41) is 10.1. The van der Waals surface area contributed by atoms with Crippen molar-refractivity contribution in [1.29, 1.82) is 0 Å². The molecule has 0 saturated carbocycles. The smallest absolute Gasteiger partial charge is 0.321 e. The zero-order valence-electron chi connectivity index (χ0n) is 22.5. The lowest BCUT2D eigenvalue weighted by Crippen LogP contribution is -2.37. The minimum Gasteiger partial charge on any atom is -0.502 e. The van der Waals surface area contributed by atoms with Crippen LogP contribution in [0, 0.1) is 11.8 Å². The van der Waals surface area contributed by atoms with Gasteiger partial charge in [0.1, 0.15) is 5.69 Å². The molecule has 0 bridgehead atoms. The normalized spacial score (nSPS) is 17.2. The van der Waals surface area contributed by atoms with Crippen molar-refractivity contribution in [2.45, 2.75) is 32.5 Å². The molecule has 10 heteroatoms. The number of urea groups is 1. The average molecular weight is 558 g/mol. The Morgan fingerprint density at radius 3 is 2.30 bits per heavy atom. The summed E-state index contributed by atoms with van der Waals surface area (Å²) < 4.78 is 0. The molecular formula is C30H31N5O4S. The summed E-state index contributed by atoms with van der Waals surface area (Å²) >= 11 is 1.88. The number of H-pyrrole nitrogens is 1. The third-order valence-electron chi connectivity index (χ3n) is 7.10. The molecule has 1 unspecified atom stereocenters. The van der Waals surface area contributed by atoms with Gasteiger partial charge >= 0.3 is 6.03 Å². The first-order valence-corrected chi connectivity index (χ1v) is 14.4. The van der Waals surface area contributed by atoms with E-state index in [1.54, 1.807) is 9.80 Å². The van der Waals surface area contributed by atoms with Gasteiger partial charge in [-0.2, -0.15) is 11.8 Å². The number of aromatic nitrogens is 2. The lowest BCUT2D eigenvalue weighted by atomic mass is 10.0. The van der Waals surface area contributed by atoms with Gasteiger partial charge in [-0.3, -0.25) is 9.59 Å². The highest BCUT2D eigenvalue weighted by molar-refractivity contribution is 7.99. The standard InChI is InChI=1S/C30H31N5O4S/c1-20(2)35-26(18-34(30(35)39)17-25-27(36)28(37)32-19-31-25)23-9-5-21(6-10-23)3-4-22-7-11-24(12-8-22)29(38)33-13-15-40-16-14-33/h5-12,19-20,26,36H,13-18H2,1-2H3,(H,31,32,37). The lowest BCUT2D eigenvalue weighted by Gasteiger charge is -2.27. The number of aromatic amines is 1. The molecule has 3 aromatic rings. The quantitative estimate of drug-likeness (QED) is 0.465. The molecular weight excluding hydrogens is 526 g/mol. The Morgan fingerprint density at radius 2 is 1.68 bits per heavy atom. The summed E-state index contributed by atoms with van der Waals surface area (Å²) in [6, 6.07) is 14.8. The zero-order valence-corrected chi connectivity index (χ0v) is 23.3. The summed E-state index contributed by atoms with van der Waals surface area (Å²) in [5.74, 6) is 7.91. The molecule has 0 radical (unpaired) electrons. The number of carbonyl (C=O) groups excluding carboxylic acids is 2. The molecule has 40 heavy (non-hydrogen) atoms. The number of benzene rings is 2. The van der Waals surface area contributed by atoms with Gasteiger partial charge in [0, 0.05) is 53.9 Å². The van der Waals surface area contributed by atoms with Crippen molar-refractivity contribution in [3.05, 3.63) is 93.2 Å². The summed E-state index contributed by atoms with van der Waals surface area (Å²) in [4.78, 5) is 49.3. The number of hydrogen-bond donors (Lipinski definition) is 2. The summed E-state index contributed by atoms with van der Waals surface area (Å²) in [5.41, 5.74) is 2.85. The van der Waals surface area contributed by atoms with E-state index in [-0.39, 0.29) is 36.3 Å². The first-order valence-electron chi connectivity index (χ1n) is 13.2. The maximum Gasteiger partial charge on any atom is 0.321 e. The minimum atomic E-state index is -0.633. The van der Waals surface area contributed by atoms with Crippen LogP contribution in [0.1, 0.15) is 52.6 Å². The Morgan fingerprint density at radius 1 is 1.05 bits per heavy atom. The number of aromatic hydroxyl groups is 1. The number of amides is 3. The van der Waals surface area contributed by atoms with Crippen LogP contribution >= 0.6 is 11.8 Å². The lowest BCUT2D eigenvalue weighted by molar-refractivity contribution is 0.0772. The molecule has 3 amide bonds. The molecule has 1 atom stereocenters. The van der Waals surface area contributed by atoms with Gasteiger partial charge in [0.05, 0.1) is 18.9 Å². The van der Waals surface area contributed by atoms with Crippen LogP contribution in [0.25, 0.3) is 0 Å². The van der Waals surface area contributed by atoms with Crippen LogP contribution < -0.4 is 5.56 Å². The second-order valence-electron chi connectivity index (χ2n) is 10.1. The fraction of sp³-hybridized carbons (Fsp3) is 0.333. The van der Waals surface area contributed by atoms with Crippen molar-refractivity contribution in [2.24, 2.45) is 0 Å². The third kappa shape index (κ3) is 5.84. The Bertz CT molecular complexity index is 1500. The zero-order chi connectivity index (χ0) is 28.2. The Balaban J connectivity index is 1.27. The van der Waals surface area contributed by atoms with Gasteiger partial charge in [0.15, 0.2) is 0 Å². The van der Waals surface area contributed by atoms with Crippen LogP contribution in [-0.4, -0.2) is 78.9 Å². The van der Waals surface area contributed by atoms with E-state index in [0.29, 0.717) is 12.1 Å². The number of nitrogens with zero attached hydrogens (tertiary/aromatic N) is 4. The molecule has 2 N–H and O–H groups in total. The average Bonchev–Trinajstić information content (AvgIpc) is 3.30. The van der Waals surface area contributed by atoms with Gasteiger partial charge in [-0.25, -0.2) is 9.78 Å². The SMILES string of the molecule is CC(C)N1C(=O)N(Cc2nc[nH]c(=O)c2O)CC1c1ccc(C#Cc2ccc(C(=O)N3CCSCC3)cc2)cc1. The second kappa shape index (κ2) is 11.9.